The standard InChI is InChI=1S/C18H16N2O2S2/c21-23(13-15-7-3-1-4-8-15)17-11-12-18(20-19-17)24(22)14-16-9-5-2-6-10-16/h1-12H,13-14H2. The van der Waals surface area contributed by atoms with E-state index in [0.29, 0.717) is 21.6 Å². The number of rotatable bonds is 6. The van der Waals surface area contributed by atoms with Crippen molar-refractivity contribution in [3.05, 3.63) is 83.9 Å². The van der Waals surface area contributed by atoms with Gasteiger partial charge in [-0.15, -0.1) is 10.2 Å². The van der Waals surface area contributed by atoms with Crippen molar-refractivity contribution < 1.29 is 8.42 Å². The molecule has 0 saturated carbocycles. The van der Waals surface area contributed by atoms with E-state index in [2.05, 4.69) is 10.2 Å². The van der Waals surface area contributed by atoms with Crippen LogP contribution in [0.2, 0.25) is 0 Å². The summed E-state index contributed by atoms with van der Waals surface area (Å²) in [4.78, 5) is 0. The molecular formula is C18H16N2O2S2. The van der Waals surface area contributed by atoms with Crippen molar-refractivity contribution in [3.63, 3.8) is 0 Å². The maximum Gasteiger partial charge on any atom is 0.150 e. The Kier molecular flexibility index (Phi) is 5.61. The molecule has 0 fully saturated rings. The van der Waals surface area contributed by atoms with Gasteiger partial charge >= 0.3 is 0 Å². The molecule has 0 aliphatic heterocycles. The van der Waals surface area contributed by atoms with Crippen LogP contribution in [0.1, 0.15) is 11.1 Å². The second-order valence-corrected chi connectivity index (χ2v) is 7.96. The van der Waals surface area contributed by atoms with Gasteiger partial charge in [0.2, 0.25) is 0 Å². The SMILES string of the molecule is O=S(Cc1ccccc1)c1ccc(S(=O)Cc2ccccc2)nn1. The fourth-order valence-corrected chi connectivity index (χ4v) is 4.14. The molecule has 0 amide bonds. The van der Waals surface area contributed by atoms with Crippen LogP contribution in [0.15, 0.2) is 82.8 Å². The molecule has 6 heteroatoms. The van der Waals surface area contributed by atoms with E-state index in [1.165, 1.54) is 0 Å². The molecule has 2 atom stereocenters. The zero-order valence-electron chi connectivity index (χ0n) is 12.9. The largest absolute Gasteiger partial charge is 0.252 e. The molecule has 2 aromatic carbocycles. The highest BCUT2D eigenvalue weighted by atomic mass is 32.2. The first-order valence-corrected chi connectivity index (χ1v) is 10.0. The first kappa shape index (κ1) is 16.7. The molecule has 0 bridgehead atoms. The molecule has 1 heterocycles. The minimum absolute atomic E-state index is 0.391. The van der Waals surface area contributed by atoms with Gasteiger partial charge in [0, 0.05) is 0 Å². The maximum absolute atomic E-state index is 12.3. The van der Waals surface area contributed by atoms with Gasteiger partial charge < -0.3 is 0 Å². The molecule has 0 radical (unpaired) electrons. The maximum atomic E-state index is 12.3. The third-order valence-corrected chi connectivity index (χ3v) is 5.92. The lowest BCUT2D eigenvalue weighted by atomic mass is 10.2. The number of hydrogen-bond donors (Lipinski definition) is 0. The van der Waals surface area contributed by atoms with Crippen molar-refractivity contribution in [2.24, 2.45) is 0 Å². The summed E-state index contributed by atoms with van der Waals surface area (Å²) in [7, 11) is -2.53. The molecular weight excluding hydrogens is 340 g/mol. The van der Waals surface area contributed by atoms with Crippen LogP contribution in [0.4, 0.5) is 0 Å². The summed E-state index contributed by atoms with van der Waals surface area (Å²) in [5, 5.41) is 8.79. The Bertz CT molecular complexity index is 765. The van der Waals surface area contributed by atoms with Gasteiger partial charge in [0.1, 0.15) is 10.1 Å². The Balaban J connectivity index is 1.66. The normalized spacial score (nSPS) is 13.3. The third kappa shape index (κ3) is 4.43. The molecule has 0 saturated heterocycles. The van der Waals surface area contributed by atoms with E-state index < -0.39 is 21.6 Å². The highest BCUT2D eigenvalue weighted by Gasteiger charge is 2.11. The van der Waals surface area contributed by atoms with Crippen LogP contribution in [0, 0.1) is 0 Å². The lowest BCUT2D eigenvalue weighted by Gasteiger charge is -2.04. The number of hydrogen-bond acceptors (Lipinski definition) is 4. The fourth-order valence-electron chi connectivity index (χ4n) is 2.15. The summed E-state index contributed by atoms with van der Waals surface area (Å²) in [6.45, 7) is 0. The molecule has 3 rings (SSSR count). The number of aromatic nitrogens is 2. The van der Waals surface area contributed by atoms with E-state index in [0.717, 1.165) is 11.1 Å². The summed E-state index contributed by atoms with van der Waals surface area (Å²) in [6, 6.07) is 22.5. The van der Waals surface area contributed by atoms with Gasteiger partial charge in [-0.1, -0.05) is 60.7 Å². The van der Waals surface area contributed by atoms with Crippen LogP contribution in [0.25, 0.3) is 0 Å². The number of benzene rings is 2. The predicted molar refractivity (Wildman–Crippen MR) is 95.1 cm³/mol. The zero-order chi connectivity index (χ0) is 16.8. The Hall–Kier alpha value is -2.18. The average molecular weight is 356 g/mol. The van der Waals surface area contributed by atoms with Crippen LogP contribution < -0.4 is 0 Å². The smallest absolute Gasteiger partial charge is 0.150 e. The summed E-state index contributed by atoms with van der Waals surface area (Å²) in [6.07, 6.45) is 0. The Morgan fingerprint density at radius 1 is 0.583 bits per heavy atom. The topological polar surface area (TPSA) is 59.9 Å². The van der Waals surface area contributed by atoms with E-state index in [9.17, 15) is 8.42 Å². The molecule has 0 N–H and O–H groups in total. The van der Waals surface area contributed by atoms with Crippen molar-refractivity contribution in [1.29, 1.82) is 0 Å². The Morgan fingerprint density at radius 2 is 0.958 bits per heavy atom. The lowest BCUT2D eigenvalue weighted by Crippen LogP contribution is -2.04. The molecule has 24 heavy (non-hydrogen) atoms. The lowest BCUT2D eigenvalue weighted by molar-refractivity contribution is 0.668. The van der Waals surface area contributed by atoms with Crippen LogP contribution in [-0.4, -0.2) is 18.6 Å². The van der Waals surface area contributed by atoms with Gasteiger partial charge in [-0.2, -0.15) is 0 Å². The molecule has 4 nitrogen and oxygen atoms in total. The first-order chi connectivity index (χ1) is 11.7. The van der Waals surface area contributed by atoms with Crippen molar-refractivity contribution in [3.8, 4) is 0 Å². The quantitative estimate of drug-likeness (QED) is 0.681. The molecule has 122 valence electrons. The molecule has 0 aliphatic carbocycles. The van der Waals surface area contributed by atoms with Crippen LogP contribution in [0.3, 0.4) is 0 Å². The first-order valence-electron chi connectivity index (χ1n) is 7.41. The monoisotopic (exact) mass is 356 g/mol. The average Bonchev–Trinajstić information content (AvgIpc) is 2.63. The van der Waals surface area contributed by atoms with Gasteiger partial charge in [-0.05, 0) is 23.3 Å². The van der Waals surface area contributed by atoms with E-state index >= 15 is 0 Å². The highest BCUT2D eigenvalue weighted by Crippen LogP contribution is 2.13. The second kappa shape index (κ2) is 8.08. The summed E-state index contributed by atoms with van der Waals surface area (Å²) in [5.74, 6) is 0.782. The van der Waals surface area contributed by atoms with Gasteiger partial charge in [-0.25, -0.2) is 0 Å². The summed E-state index contributed by atoms with van der Waals surface area (Å²) < 4.78 is 24.6. The summed E-state index contributed by atoms with van der Waals surface area (Å²) in [5.41, 5.74) is 1.96. The van der Waals surface area contributed by atoms with E-state index in [1.54, 1.807) is 12.1 Å². The van der Waals surface area contributed by atoms with Gasteiger partial charge in [-0.3, -0.25) is 8.42 Å². The van der Waals surface area contributed by atoms with E-state index in [1.807, 2.05) is 60.7 Å². The molecule has 2 unspecified atom stereocenters. The second-order valence-electron chi connectivity index (χ2n) is 5.16. The fraction of sp³-hybridized carbons (Fsp3) is 0.111. The van der Waals surface area contributed by atoms with Crippen LogP contribution in [0.5, 0.6) is 0 Å². The highest BCUT2D eigenvalue weighted by molar-refractivity contribution is 7.84. The number of nitrogens with zero attached hydrogens (tertiary/aromatic N) is 2. The van der Waals surface area contributed by atoms with E-state index in [4.69, 9.17) is 0 Å². The minimum Gasteiger partial charge on any atom is -0.252 e. The predicted octanol–water partition coefficient (Wildman–Crippen LogP) is 3.09. The third-order valence-electron chi connectivity index (χ3n) is 3.36. The van der Waals surface area contributed by atoms with Crippen LogP contribution in [-0.2, 0) is 33.1 Å². The van der Waals surface area contributed by atoms with Gasteiger partial charge in [0.25, 0.3) is 0 Å². The van der Waals surface area contributed by atoms with Gasteiger partial charge in [0.15, 0.2) is 0 Å². The van der Waals surface area contributed by atoms with Crippen molar-refractivity contribution >= 4 is 21.6 Å². The molecule has 0 aliphatic rings. The molecule has 3 aromatic rings. The van der Waals surface area contributed by atoms with E-state index in [-0.39, 0.29) is 0 Å². The minimum atomic E-state index is -1.27. The van der Waals surface area contributed by atoms with Crippen molar-refractivity contribution in [2.45, 2.75) is 21.6 Å². The van der Waals surface area contributed by atoms with Crippen LogP contribution >= 0.6 is 0 Å². The zero-order valence-corrected chi connectivity index (χ0v) is 14.5. The Labute approximate surface area is 145 Å². The summed E-state index contributed by atoms with van der Waals surface area (Å²) >= 11 is 0. The van der Waals surface area contributed by atoms with Crippen molar-refractivity contribution in [1.82, 2.24) is 10.2 Å². The Morgan fingerprint density at radius 3 is 1.29 bits per heavy atom. The van der Waals surface area contributed by atoms with Gasteiger partial charge in [0.05, 0.1) is 33.1 Å². The molecule has 1 aromatic heterocycles. The molecule has 0 spiro atoms. The van der Waals surface area contributed by atoms with Crippen molar-refractivity contribution in [2.75, 3.05) is 0 Å².